The van der Waals surface area contributed by atoms with Crippen molar-refractivity contribution < 1.29 is 9.53 Å². The highest BCUT2D eigenvalue weighted by molar-refractivity contribution is 5.68. The van der Waals surface area contributed by atoms with Crippen LogP contribution in [0.3, 0.4) is 0 Å². The molecule has 0 aromatic heterocycles. The molecule has 0 aromatic carbocycles. The quantitative estimate of drug-likeness (QED) is 0.697. The molecule has 0 spiro atoms. The van der Waals surface area contributed by atoms with E-state index in [-0.39, 0.29) is 11.7 Å². The first kappa shape index (κ1) is 14.4. The molecule has 1 saturated heterocycles. The van der Waals surface area contributed by atoms with Crippen LogP contribution in [0, 0.1) is 0 Å². The van der Waals surface area contributed by atoms with Gasteiger partial charge in [0.2, 0.25) is 0 Å². The van der Waals surface area contributed by atoms with E-state index in [0.29, 0.717) is 0 Å². The zero-order valence-corrected chi connectivity index (χ0v) is 12.6. The third kappa shape index (κ3) is 3.13. The summed E-state index contributed by atoms with van der Waals surface area (Å²) in [5, 5.41) is 0. The number of hydrogen-bond acceptors (Lipinski definition) is 2. The summed E-state index contributed by atoms with van der Waals surface area (Å²) in [5.41, 5.74) is 2.23. The average molecular weight is 265 g/mol. The summed E-state index contributed by atoms with van der Waals surface area (Å²) in [6.07, 6.45) is 7.68. The van der Waals surface area contributed by atoms with Crippen molar-refractivity contribution in [3.8, 4) is 0 Å². The fraction of sp³-hybridized carbons (Fsp3) is 0.812. The molecule has 0 N–H and O–H groups in total. The van der Waals surface area contributed by atoms with E-state index >= 15 is 0 Å². The molecule has 1 aliphatic carbocycles. The minimum Gasteiger partial charge on any atom is -0.438 e. The molecular formula is C16H27NO2. The molecule has 0 aromatic rings. The fourth-order valence-corrected chi connectivity index (χ4v) is 3.26. The van der Waals surface area contributed by atoms with Gasteiger partial charge >= 0.3 is 6.09 Å². The molecule has 19 heavy (non-hydrogen) atoms. The van der Waals surface area contributed by atoms with Crippen molar-refractivity contribution in [1.82, 2.24) is 4.90 Å². The van der Waals surface area contributed by atoms with Gasteiger partial charge in [0.15, 0.2) is 0 Å². The summed E-state index contributed by atoms with van der Waals surface area (Å²) in [6.45, 7) is 8.09. The van der Waals surface area contributed by atoms with Gasteiger partial charge < -0.3 is 9.64 Å². The van der Waals surface area contributed by atoms with Crippen LogP contribution in [0.15, 0.2) is 11.1 Å². The molecule has 0 unspecified atom stereocenters. The van der Waals surface area contributed by atoms with E-state index in [1.807, 2.05) is 4.90 Å². The van der Waals surface area contributed by atoms with Crippen molar-refractivity contribution in [2.45, 2.75) is 71.3 Å². The first-order valence-corrected chi connectivity index (χ1v) is 7.68. The molecule has 0 radical (unpaired) electrons. The number of ether oxygens (including phenoxy) is 1. The lowest BCUT2D eigenvalue weighted by molar-refractivity contribution is 0.0136. The van der Waals surface area contributed by atoms with Gasteiger partial charge in [0.05, 0.1) is 0 Å². The van der Waals surface area contributed by atoms with Crippen molar-refractivity contribution >= 4 is 6.09 Å². The average Bonchev–Trinajstić information content (AvgIpc) is 2.88. The van der Waals surface area contributed by atoms with Crippen molar-refractivity contribution in [3.05, 3.63) is 11.1 Å². The standard InChI is InChI=1S/C16H27NO2/c1-13(2)14(3)16(9-5-6-10-16)19-15(18)17-11-7-4-8-12-17/h4-12H2,1-3H3. The van der Waals surface area contributed by atoms with Gasteiger partial charge in [0, 0.05) is 13.1 Å². The van der Waals surface area contributed by atoms with Crippen molar-refractivity contribution in [2.24, 2.45) is 0 Å². The summed E-state index contributed by atoms with van der Waals surface area (Å²) >= 11 is 0. The Labute approximate surface area is 117 Å². The molecule has 2 aliphatic rings. The van der Waals surface area contributed by atoms with Gasteiger partial charge in [-0.05, 0) is 71.3 Å². The normalized spacial score (nSPS) is 22.2. The van der Waals surface area contributed by atoms with Crippen molar-refractivity contribution in [2.75, 3.05) is 13.1 Å². The van der Waals surface area contributed by atoms with Crippen LogP contribution in [0.1, 0.15) is 65.7 Å². The van der Waals surface area contributed by atoms with Crippen LogP contribution < -0.4 is 0 Å². The highest BCUT2D eigenvalue weighted by atomic mass is 16.6. The van der Waals surface area contributed by atoms with E-state index < -0.39 is 0 Å². The largest absolute Gasteiger partial charge is 0.438 e. The number of allylic oxidation sites excluding steroid dienone is 1. The van der Waals surface area contributed by atoms with E-state index in [9.17, 15) is 4.79 Å². The molecule has 1 saturated carbocycles. The predicted octanol–water partition coefficient (Wildman–Crippen LogP) is 4.28. The Balaban J connectivity index is 2.08. The van der Waals surface area contributed by atoms with Gasteiger partial charge in [-0.2, -0.15) is 0 Å². The van der Waals surface area contributed by atoms with Crippen LogP contribution >= 0.6 is 0 Å². The Kier molecular flexibility index (Phi) is 4.54. The number of nitrogens with zero attached hydrogens (tertiary/aromatic N) is 1. The second kappa shape index (κ2) is 5.98. The maximum Gasteiger partial charge on any atom is 0.410 e. The molecule has 3 nitrogen and oxygen atoms in total. The van der Waals surface area contributed by atoms with Crippen LogP contribution in [-0.2, 0) is 4.74 Å². The van der Waals surface area contributed by atoms with Gasteiger partial charge in [-0.15, -0.1) is 0 Å². The lowest BCUT2D eigenvalue weighted by atomic mass is 9.90. The molecule has 1 amide bonds. The molecule has 2 fully saturated rings. The molecule has 1 heterocycles. The molecular weight excluding hydrogens is 238 g/mol. The van der Waals surface area contributed by atoms with E-state index in [1.165, 1.54) is 17.6 Å². The van der Waals surface area contributed by atoms with Gasteiger partial charge in [0.25, 0.3) is 0 Å². The molecule has 108 valence electrons. The van der Waals surface area contributed by atoms with Gasteiger partial charge in [-0.1, -0.05) is 5.57 Å². The summed E-state index contributed by atoms with van der Waals surface area (Å²) in [7, 11) is 0. The second-order valence-electron chi connectivity index (χ2n) is 6.24. The third-order valence-corrected chi connectivity index (χ3v) is 4.74. The Hall–Kier alpha value is -0.990. The van der Waals surface area contributed by atoms with E-state index in [4.69, 9.17) is 4.74 Å². The fourth-order valence-electron chi connectivity index (χ4n) is 3.26. The smallest absolute Gasteiger partial charge is 0.410 e. The van der Waals surface area contributed by atoms with Gasteiger partial charge in [-0.3, -0.25) is 0 Å². The number of carbonyl (C=O) groups is 1. The Morgan fingerprint density at radius 1 is 0.947 bits per heavy atom. The lowest BCUT2D eigenvalue weighted by Crippen LogP contribution is -2.42. The topological polar surface area (TPSA) is 29.5 Å². The monoisotopic (exact) mass is 265 g/mol. The van der Waals surface area contributed by atoms with Gasteiger partial charge in [-0.25, -0.2) is 4.79 Å². The SMILES string of the molecule is CC(C)=C(C)C1(OC(=O)N2CCCCC2)CCCC1. The molecule has 2 rings (SSSR count). The van der Waals surface area contributed by atoms with Gasteiger partial charge in [0.1, 0.15) is 5.60 Å². The van der Waals surface area contributed by atoms with Crippen LogP contribution in [0.4, 0.5) is 4.79 Å². The maximum absolute atomic E-state index is 12.4. The number of amides is 1. The Morgan fingerprint density at radius 3 is 2.05 bits per heavy atom. The summed E-state index contributed by atoms with van der Waals surface area (Å²) in [4.78, 5) is 14.3. The molecule has 0 atom stereocenters. The zero-order valence-electron chi connectivity index (χ0n) is 12.6. The Bertz CT molecular complexity index is 357. The van der Waals surface area contributed by atoms with Crippen molar-refractivity contribution in [1.29, 1.82) is 0 Å². The minimum atomic E-state index is -0.312. The van der Waals surface area contributed by atoms with Crippen molar-refractivity contribution in [3.63, 3.8) is 0 Å². The minimum absolute atomic E-state index is 0.0952. The first-order valence-electron chi connectivity index (χ1n) is 7.68. The molecule has 1 aliphatic heterocycles. The van der Waals surface area contributed by atoms with Crippen LogP contribution in [0.25, 0.3) is 0 Å². The predicted molar refractivity (Wildman–Crippen MR) is 77.2 cm³/mol. The highest BCUT2D eigenvalue weighted by Gasteiger charge is 2.40. The molecule has 3 heteroatoms. The van der Waals surface area contributed by atoms with E-state index in [2.05, 4.69) is 20.8 Å². The van der Waals surface area contributed by atoms with E-state index in [1.54, 1.807) is 0 Å². The first-order chi connectivity index (χ1) is 9.05. The number of carbonyl (C=O) groups excluding carboxylic acids is 1. The van der Waals surface area contributed by atoms with Crippen LogP contribution in [-0.4, -0.2) is 29.7 Å². The number of likely N-dealkylation sites (tertiary alicyclic amines) is 1. The highest BCUT2D eigenvalue weighted by Crippen LogP contribution is 2.40. The number of rotatable bonds is 2. The lowest BCUT2D eigenvalue weighted by Gasteiger charge is -2.35. The second-order valence-corrected chi connectivity index (χ2v) is 6.24. The maximum atomic E-state index is 12.4. The number of hydrogen-bond donors (Lipinski definition) is 0. The van der Waals surface area contributed by atoms with Crippen LogP contribution in [0.2, 0.25) is 0 Å². The van der Waals surface area contributed by atoms with Crippen LogP contribution in [0.5, 0.6) is 0 Å². The summed E-state index contributed by atoms with van der Waals surface area (Å²) in [6, 6.07) is 0. The third-order valence-electron chi connectivity index (χ3n) is 4.74. The van der Waals surface area contributed by atoms with E-state index in [0.717, 1.165) is 51.6 Å². The molecule has 0 bridgehead atoms. The number of piperidine rings is 1. The summed E-state index contributed by atoms with van der Waals surface area (Å²) in [5.74, 6) is 0. The summed E-state index contributed by atoms with van der Waals surface area (Å²) < 4.78 is 5.99. The zero-order chi connectivity index (χ0) is 13.9. The Morgan fingerprint density at radius 2 is 1.53 bits per heavy atom.